The van der Waals surface area contributed by atoms with Gasteiger partial charge in [0.15, 0.2) is 5.11 Å². The summed E-state index contributed by atoms with van der Waals surface area (Å²) in [5.74, 6) is -0.423. The summed E-state index contributed by atoms with van der Waals surface area (Å²) in [5.41, 5.74) is 2.30. The van der Waals surface area contributed by atoms with Crippen molar-refractivity contribution >= 4 is 51.4 Å². The summed E-state index contributed by atoms with van der Waals surface area (Å²) in [7, 11) is 1.34. The van der Waals surface area contributed by atoms with E-state index in [-0.39, 0.29) is 0 Å². The Morgan fingerprint density at radius 1 is 1.11 bits per heavy atom. The maximum Gasteiger partial charge on any atom is 0.337 e. The minimum Gasteiger partial charge on any atom is -0.465 e. The van der Waals surface area contributed by atoms with Gasteiger partial charge in [-0.1, -0.05) is 54.1 Å². The molecule has 0 bridgehead atoms. The molecule has 144 valence electrons. The molecule has 0 amide bonds. The predicted octanol–water partition coefficient (Wildman–Crippen LogP) is 5.20. The van der Waals surface area contributed by atoms with Crippen LogP contribution in [0.5, 0.6) is 0 Å². The largest absolute Gasteiger partial charge is 0.465 e. The highest BCUT2D eigenvalue weighted by Gasteiger charge is 2.10. The fraction of sp³-hybridized carbons (Fsp3) is 0.182. The number of halogens is 1. The number of aryl methyl sites for hydroxylation is 1. The lowest BCUT2D eigenvalue weighted by Gasteiger charge is -2.13. The van der Waals surface area contributed by atoms with Gasteiger partial charge in [-0.15, -0.1) is 0 Å². The zero-order chi connectivity index (χ0) is 19.9. The topological polar surface area (TPSA) is 50.4 Å². The summed E-state index contributed by atoms with van der Waals surface area (Å²) in [6, 6.07) is 19.7. The van der Waals surface area contributed by atoms with E-state index in [2.05, 4.69) is 53.1 Å². The molecule has 0 fully saturated rings. The number of benzene rings is 3. The quantitative estimate of drug-likeness (QED) is 0.331. The highest BCUT2D eigenvalue weighted by Crippen LogP contribution is 2.23. The van der Waals surface area contributed by atoms with Gasteiger partial charge in [-0.25, -0.2) is 4.79 Å². The van der Waals surface area contributed by atoms with E-state index < -0.39 is 5.97 Å². The predicted molar refractivity (Wildman–Crippen MR) is 119 cm³/mol. The molecule has 3 aromatic rings. The van der Waals surface area contributed by atoms with E-state index in [4.69, 9.17) is 28.6 Å². The molecule has 0 aliphatic heterocycles. The van der Waals surface area contributed by atoms with Gasteiger partial charge < -0.3 is 15.4 Å². The maximum absolute atomic E-state index is 11.7. The Labute approximate surface area is 174 Å². The third-order valence-corrected chi connectivity index (χ3v) is 5.00. The summed E-state index contributed by atoms with van der Waals surface area (Å²) in [6.45, 7) is 0.726. The van der Waals surface area contributed by atoms with Crippen LogP contribution in [0.4, 0.5) is 5.69 Å². The Balaban J connectivity index is 1.53. The molecule has 0 aliphatic rings. The van der Waals surface area contributed by atoms with Crippen molar-refractivity contribution < 1.29 is 9.53 Å². The number of thiocarbonyl (C=S) groups is 1. The second-order valence-corrected chi connectivity index (χ2v) is 7.12. The molecule has 0 aromatic heterocycles. The SMILES string of the molecule is COC(=O)c1ccc(Cl)c(NC(=S)NCCCc2cccc3ccccc23)c1. The van der Waals surface area contributed by atoms with Gasteiger partial charge in [0.05, 0.1) is 23.4 Å². The number of nitrogens with one attached hydrogen (secondary N) is 2. The van der Waals surface area contributed by atoms with Crippen LogP contribution in [0.1, 0.15) is 22.3 Å². The van der Waals surface area contributed by atoms with Gasteiger partial charge in [0.2, 0.25) is 0 Å². The summed E-state index contributed by atoms with van der Waals surface area (Å²) >= 11 is 11.5. The van der Waals surface area contributed by atoms with Crippen molar-refractivity contribution in [3.05, 3.63) is 76.8 Å². The second-order valence-electron chi connectivity index (χ2n) is 6.31. The molecule has 3 aromatic carbocycles. The molecule has 28 heavy (non-hydrogen) atoms. The third-order valence-electron chi connectivity index (χ3n) is 4.42. The minimum absolute atomic E-state index is 0.410. The van der Waals surface area contributed by atoms with Crippen LogP contribution in [0, 0.1) is 0 Å². The third kappa shape index (κ3) is 5.00. The number of ether oxygens (including phenoxy) is 1. The lowest BCUT2D eigenvalue weighted by atomic mass is 10.0. The van der Waals surface area contributed by atoms with Gasteiger partial charge in [-0.05, 0) is 59.6 Å². The standard InChI is InChI=1S/C22H21ClN2O2S/c1-27-21(26)17-11-12-19(23)20(14-17)25-22(28)24-13-5-9-16-8-4-7-15-6-2-3-10-18(15)16/h2-4,6-8,10-12,14H,5,9,13H2,1H3,(H2,24,25,28). The fourth-order valence-corrected chi connectivity index (χ4v) is 3.40. The molecular formula is C22H21ClN2O2S. The fourth-order valence-electron chi connectivity index (χ4n) is 3.02. The van der Waals surface area contributed by atoms with Crippen molar-refractivity contribution in [3.8, 4) is 0 Å². The molecule has 0 unspecified atom stereocenters. The van der Waals surface area contributed by atoms with Gasteiger partial charge in [0.1, 0.15) is 0 Å². The first-order valence-corrected chi connectivity index (χ1v) is 9.76. The first-order valence-electron chi connectivity index (χ1n) is 8.98. The van der Waals surface area contributed by atoms with E-state index in [0.29, 0.717) is 21.4 Å². The molecule has 0 saturated carbocycles. The molecular weight excluding hydrogens is 392 g/mol. The lowest BCUT2D eigenvalue weighted by Crippen LogP contribution is -2.29. The molecule has 0 heterocycles. The van der Waals surface area contributed by atoms with Crippen molar-refractivity contribution in [1.82, 2.24) is 5.32 Å². The van der Waals surface area contributed by atoms with Crippen LogP contribution in [-0.4, -0.2) is 24.7 Å². The lowest BCUT2D eigenvalue weighted by molar-refractivity contribution is 0.0601. The number of rotatable bonds is 6. The van der Waals surface area contributed by atoms with Gasteiger partial charge >= 0.3 is 5.97 Å². The Hall–Kier alpha value is -2.63. The van der Waals surface area contributed by atoms with Crippen LogP contribution < -0.4 is 10.6 Å². The number of esters is 1. The number of carbonyl (C=O) groups excluding carboxylic acids is 1. The normalized spacial score (nSPS) is 10.5. The van der Waals surface area contributed by atoms with Gasteiger partial charge in [0, 0.05) is 6.54 Å². The molecule has 0 radical (unpaired) electrons. The van der Waals surface area contributed by atoms with Gasteiger partial charge in [-0.2, -0.15) is 0 Å². The van der Waals surface area contributed by atoms with E-state index >= 15 is 0 Å². The van der Waals surface area contributed by atoms with Crippen LogP contribution in [0.2, 0.25) is 5.02 Å². The monoisotopic (exact) mass is 412 g/mol. The average Bonchev–Trinajstić information content (AvgIpc) is 2.72. The zero-order valence-electron chi connectivity index (χ0n) is 15.5. The molecule has 3 rings (SSSR count). The Kier molecular flexibility index (Phi) is 6.85. The summed E-state index contributed by atoms with van der Waals surface area (Å²) in [6.07, 6.45) is 1.89. The van der Waals surface area contributed by atoms with E-state index in [1.165, 1.54) is 23.4 Å². The molecule has 2 N–H and O–H groups in total. The smallest absolute Gasteiger partial charge is 0.337 e. The first-order chi connectivity index (χ1) is 13.6. The van der Waals surface area contributed by atoms with E-state index in [1.54, 1.807) is 18.2 Å². The molecule has 0 spiro atoms. The molecule has 0 atom stereocenters. The van der Waals surface area contributed by atoms with Crippen LogP contribution in [0.15, 0.2) is 60.7 Å². The highest BCUT2D eigenvalue weighted by molar-refractivity contribution is 7.80. The Morgan fingerprint density at radius 2 is 1.89 bits per heavy atom. The van der Waals surface area contributed by atoms with Crippen LogP contribution in [0.3, 0.4) is 0 Å². The molecule has 4 nitrogen and oxygen atoms in total. The number of carbonyl (C=O) groups is 1. The maximum atomic E-state index is 11.7. The summed E-state index contributed by atoms with van der Waals surface area (Å²) < 4.78 is 4.73. The Morgan fingerprint density at radius 3 is 2.71 bits per heavy atom. The number of hydrogen-bond donors (Lipinski definition) is 2. The highest BCUT2D eigenvalue weighted by atomic mass is 35.5. The second kappa shape index (κ2) is 9.53. The molecule has 0 saturated heterocycles. The Bertz CT molecular complexity index is 1000. The van der Waals surface area contributed by atoms with Crippen molar-refractivity contribution in [2.75, 3.05) is 19.0 Å². The number of hydrogen-bond acceptors (Lipinski definition) is 3. The minimum atomic E-state index is -0.423. The van der Waals surface area contributed by atoms with Crippen molar-refractivity contribution in [3.63, 3.8) is 0 Å². The van der Waals surface area contributed by atoms with Crippen LogP contribution in [-0.2, 0) is 11.2 Å². The van der Waals surface area contributed by atoms with Gasteiger partial charge in [0.25, 0.3) is 0 Å². The summed E-state index contributed by atoms with van der Waals surface area (Å²) in [4.78, 5) is 11.7. The van der Waals surface area contributed by atoms with Crippen LogP contribution >= 0.6 is 23.8 Å². The van der Waals surface area contributed by atoms with E-state index in [0.717, 1.165) is 19.4 Å². The van der Waals surface area contributed by atoms with Gasteiger partial charge in [-0.3, -0.25) is 0 Å². The number of fused-ring (bicyclic) bond motifs is 1. The first kappa shape index (κ1) is 20.1. The molecule has 6 heteroatoms. The van der Waals surface area contributed by atoms with Crippen molar-refractivity contribution in [1.29, 1.82) is 0 Å². The van der Waals surface area contributed by atoms with Crippen molar-refractivity contribution in [2.24, 2.45) is 0 Å². The zero-order valence-corrected chi connectivity index (χ0v) is 17.1. The van der Waals surface area contributed by atoms with E-state index in [9.17, 15) is 4.79 Å². The average molecular weight is 413 g/mol. The van der Waals surface area contributed by atoms with E-state index in [1.807, 2.05) is 0 Å². The van der Waals surface area contributed by atoms with Crippen LogP contribution in [0.25, 0.3) is 10.8 Å². The summed E-state index contributed by atoms with van der Waals surface area (Å²) in [5, 5.41) is 9.71. The molecule has 0 aliphatic carbocycles. The van der Waals surface area contributed by atoms with Crippen molar-refractivity contribution in [2.45, 2.75) is 12.8 Å². The number of anilines is 1. The number of methoxy groups -OCH3 is 1.